The number of hydrogen-bond acceptors (Lipinski definition) is 5. The summed E-state index contributed by atoms with van der Waals surface area (Å²) in [5.41, 5.74) is 0.664. The molecule has 6 nitrogen and oxygen atoms in total. The van der Waals surface area contributed by atoms with E-state index in [9.17, 15) is 9.59 Å². The van der Waals surface area contributed by atoms with Gasteiger partial charge in [0.15, 0.2) is 0 Å². The van der Waals surface area contributed by atoms with Gasteiger partial charge in [-0.05, 0) is 39.7 Å². The Hall–Kier alpha value is -2.50. The third-order valence-corrected chi connectivity index (χ3v) is 4.11. The fraction of sp³-hybridized carbons (Fsp3) is 0.500. The Kier molecular flexibility index (Phi) is 5.95. The molecule has 1 amide bonds. The third-order valence-electron chi connectivity index (χ3n) is 4.11. The van der Waals surface area contributed by atoms with Gasteiger partial charge < -0.3 is 19.7 Å². The van der Waals surface area contributed by atoms with Crippen LogP contribution in [-0.2, 0) is 14.3 Å². The van der Waals surface area contributed by atoms with Crippen molar-refractivity contribution in [1.82, 2.24) is 10.2 Å². The van der Waals surface area contributed by atoms with Crippen LogP contribution in [0.5, 0.6) is 0 Å². The summed E-state index contributed by atoms with van der Waals surface area (Å²) in [4.78, 5) is 25.8. The normalized spacial score (nSPS) is 20.7. The molecule has 26 heavy (non-hydrogen) atoms. The van der Waals surface area contributed by atoms with Gasteiger partial charge in [0.1, 0.15) is 5.60 Å². The van der Waals surface area contributed by atoms with Gasteiger partial charge >= 0.3 is 12.1 Å². The maximum Gasteiger partial charge on any atom is 0.410 e. The van der Waals surface area contributed by atoms with Crippen molar-refractivity contribution in [3.8, 4) is 0 Å². The Morgan fingerprint density at radius 1 is 1.23 bits per heavy atom. The van der Waals surface area contributed by atoms with Crippen molar-refractivity contribution < 1.29 is 19.1 Å². The minimum Gasteiger partial charge on any atom is -0.466 e. The molecule has 1 atom stereocenters. The van der Waals surface area contributed by atoms with Crippen molar-refractivity contribution in [2.75, 3.05) is 20.2 Å². The SMILES string of the molecule is COC(=O)C=C(NC1(C)CCN(C(=O)OC(C)(C)C)C1)c1ccccc1. The Morgan fingerprint density at radius 3 is 2.46 bits per heavy atom. The van der Waals surface area contributed by atoms with Crippen LogP contribution in [-0.4, -0.2) is 48.3 Å². The molecule has 0 bridgehead atoms. The molecule has 1 aliphatic rings. The minimum absolute atomic E-state index is 0.318. The summed E-state index contributed by atoms with van der Waals surface area (Å²) in [5, 5.41) is 3.43. The molecule has 6 heteroatoms. The van der Waals surface area contributed by atoms with Gasteiger partial charge in [0.2, 0.25) is 0 Å². The molecular formula is C20H28N2O4. The van der Waals surface area contributed by atoms with Gasteiger partial charge in [-0.1, -0.05) is 30.3 Å². The zero-order valence-corrected chi connectivity index (χ0v) is 16.2. The second-order valence-electron chi connectivity index (χ2n) is 7.78. The highest BCUT2D eigenvalue weighted by Gasteiger charge is 2.38. The Balaban J connectivity index is 2.14. The zero-order valence-electron chi connectivity index (χ0n) is 16.2. The highest BCUT2D eigenvalue weighted by molar-refractivity contribution is 5.91. The summed E-state index contributed by atoms with van der Waals surface area (Å²) in [6, 6.07) is 9.58. The molecule has 1 aromatic carbocycles. The van der Waals surface area contributed by atoms with Gasteiger partial charge in [-0.25, -0.2) is 9.59 Å². The number of methoxy groups -OCH3 is 1. The van der Waals surface area contributed by atoms with Crippen LogP contribution in [0.2, 0.25) is 0 Å². The highest BCUT2D eigenvalue weighted by Crippen LogP contribution is 2.26. The summed E-state index contributed by atoms with van der Waals surface area (Å²) in [5.74, 6) is -0.429. The molecule has 1 aromatic rings. The molecule has 1 aliphatic heterocycles. The Labute approximate surface area is 155 Å². The molecule has 1 unspecified atom stereocenters. The van der Waals surface area contributed by atoms with E-state index in [1.807, 2.05) is 58.0 Å². The molecule has 1 N–H and O–H groups in total. The van der Waals surface area contributed by atoms with E-state index in [2.05, 4.69) is 5.32 Å². The molecule has 1 heterocycles. The number of benzene rings is 1. The lowest BCUT2D eigenvalue weighted by atomic mass is 9.99. The topological polar surface area (TPSA) is 67.9 Å². The molecule has 0 saturated carbocycles. The molecule has 0 radical (unpaired) electrons. The third kappa shape index (κ3) is 5.51. The molecule has 0 spiro atoms. The van der Waals surface area contributed by atoms with E-state index >= 15 is 0 Å². The molecular weight excluding hydrogens is 332 g/mol. The van der Waals surface area contributed by atoms with Gasteiger partial charge in [0, 0.05) is 24.9 Å². The molecule has 1 fully saturated rings. The van der Waals surface area contributed by atoms with E-state index in [4.69, 9.17) is 9.47 Å². The van der Waals surface area contributed by atoms with E-state index < -0.39 is 11.6 Å². The maximum atomic E-state index is 12.3. The number of amides is 1. The number of likely N-dealkylation sites (tertiary alicyclic amines) is 1. The maximum absolute atomic E-state index is 12.3. The van der Waals surface area contributed by atoms with Crippen LogP contribution in [0.15, 0.2) is 36.4 Å². The number of nitrogens with one attached hydrogen (secondary N) is 1. The molecule has 142 valence electrons. The number of ether oxygens (including phenoxy) is 2. The van der Waals surface area contributed by atoms with Gasteiger partial charge in [-0.2, -0.15) is 0 Å². The second-order valence-corrected chi connectivity index (χ2v) is 7.78. The van der Waals surface area contributed by atoms with Crippen LogP contribution in [0.1, 0.15) is 39.7 Å². The predicted molar refractivity (Wildman–Crippen MR) is 100 cm³/mol. The van der Waals surface area contributed by atoms with Crippen molar-refractivity contribution in [3.05, 3.63) is 42.0 Å². The van der Waals surface area contributed by atoms with E-state index in [0.29, 0.717) is 18.8 Å². The van der Waals surface area contributed by atoms with Crippen LogP contribution in [0.25, 0.3) is 5.70 Å². The number of rotatable bonds is 4. The Bertz CT molecular complexity index is 679. The molecule has 1 saturated heterocycles. The van der Waals surface area contributed by atoms with Crippen molar-refractivity contribution in [2.24, 2.45) is 0 Å². The second kappa shape index (κ2) is 7.81. The number of carbonyl (C=O) groups is 2. The first-order valence-corrected chi connectivity index (χ1v) is 8.73. The van der Waals surface area contributed by atoms with Gasteiger partial charge in [-0.15, -0.1) is 0 Å². The van der Waals surface area contributed by atoms with E-state index in [1.165, 1.54) is 13.2 Å². The first kappa shape index (κ1) is 19.8. The fourth-order valence-corrected chi connectivity index (χ4v) is 2.86. The average molecular weight is 360 g/mol. The summed E-state index contributed by atoms with van der Waals surface area (Å²) < 4.78 is 10.2. The van der Waals surface area contributed by atoms with Crippen molar-refractivity contribution >= 4 is 17.8 Å². The van der Waals surface area contributed by atoms with Crippen LogP contribution < -0.4 is 5.32 Å². The molecule has 2 rings (SSSR count). The lowest BCUT2D eigenvalue weighted by Gasteiger charge is -2.30. The number of hydrogen-bond donors (Lipinski definition) is 1. The Morgan fingerprint density at radius 2 is 1.88 bits per heavy atom. The fourth-order valence-electron chi connectivity index (χ4n) is 2.86. The first-order valence-electron chi connectivity index (χ1n) is 8.73. The largest absolute Gasteiger partial charge is 0.466 e. The van der Waals surface area contributed by atoms with Crippen LogP contribution in [0.3, 0.4) is 0 Å². The summed E-state index contributed by atoms with van der Waals surface area (Å²) in [6.45, 7) is 8.68. The smallest absolute Gasteiger partial charge is 0.410 e. The lowest BCUT2D eigenvalue weighted by Crippen LogP contribution is -2.45. The van der Waals surface area contributed by atoms with Crippen molar-refractivity contribution in [1.29, 1.82) is 0 Å². The standard InChI is InChI=1S/C20H28N2O4/c1-19(2,3)26-18(24)22-12-11-20(4,14-22)21-16(13-17(23)25-5)15-9-7-6-8-10-15/h6-10,13,21H,11-12,14H2,1-5H3. The lowest BCUT2D eigenvalue weighted by molar-refractivity contribution is -0.134. The van der Waals surface area contributed by atoms with Gasteiger partial charge in [0.05, 0.1) is 12.6 Å². The molecule has 0 aromatic heterocycles. The number of esters is 1. The first-order chi connectivity index (χ1) is 12.1. The summed E-state index contributed by atoms with van der Waals surface area (Å²) in [6.07, 6.45) is 1.87. The number of carbonyl (C=O) groups excluding carboxylic acids is 2. The van der Waals surface area contributed by atoms with Gasteiger partial charge in [0.25, 0.3) is 0 Å². The van der Waals surface area contributed by atoms with Crippen LogP contribution in [0, 0.1) is 0 Å². The van der Waals surface area contributed by atoms with Crippen molar-refractivity contribution in [2.45, 2.75) is 45.3 Å². The average Bonchev–Trinajstić information content (AvgIpc) is 2.96. The van der Waals surface area contributed by atoms with E-state index in [0.717, 1.165) is 12.0 Å². The highest BCUT2D eigenvalue weighted by atomic mass is 16.6. The van der Waals surface area contributed by atoms with E-state index in [1.54, 1.807) is 4.90 Å². The quantitative estimate of drug-likeness (QED) is 0.660. The van der Waals surface area contributed by atoms with Crippen LogP contribution >= 0.6 is 0 Å². The zero-order chi connectivity index (χ0) is 19.4. The van der Waals surface area contributed by atoms with E-state index in [-0.39, 0.29) is 11.6 Å². The summed E-state index contributed by atoms with van der Waals surface area (Å²) in [7, 11) is 1.35. The predicted octanol–water partition coefficient (Wildman–Crippen LogP) is 3.19. The van der Waals surface area contributed by atoms with Crippen LogP contribution in [0.4, 0.5) is 4.79 Å². The molecule has 0 aliphatic carbocycles. The minimum atomic E-state index is -0.524. The monoisotopic (exact) mass is 360 g/mol. The summed E-state index contributed by atoms with van der Waals surface area (Å²) >= 11 is 0. The van der Waals surface area contributed by atoms with Crippen molar-refractivity contribution in [3.63, 3.8) is 0 Å². The number of nitrogens with zero attached hydrogens (tertiary/aromatic N) is 1. The van der Waals surface area contributed by atoms with Gasteiger partial charge in [-0.3, -0.25) is 0 Å².